The Labute approximate surface area is 127 Å². The lowest BCUT2D eigenvalue weighted by Gasteiger charge is -2.08. The minimum atomic E-state index is -3.53. The molecule has 0 aliphatic carbocycles. The highest BCUT2D eigenvalue weighted by Gasteiger charge is 2.19. The monoisotopic (exact) mass is 409 g/mol. The fraction of sp³-hybridized carbons (Fsp3) is 0.0909. The van der Waals surface area contributed by atoms with Crippen molar-refractivity contribution in [2.45, 2.75) is 11.1 Å². The summed E-state index contributed by atoms with van der Waals surface area (Å²) in [5.41, 5.74) is 1.59. The molecule has 0 aliphatic rings. The number of thiophene rings is 1. The lowest BCUT2D eigenvalue weighted by molar-refractivity contribution is 0.603. The molecule has 96 valence electrons. The van der Waals surface area contributed by atoms with Crippen LogP contribution >= 0.6 is 43.2 Å². The summed E-state index contributed by atoms with van der Waals surface area (Å²) in [5, 5.41) is 1.73. The molecule has 0 spiro atoms. The quantitative estimate of drug-likeness (QED) is 0.815. The molecule has 1 heterocycles. The van der Waals surface area contributed by atoms with Crippen LogP contribution in [0.4, 0.5) is 5.69 Å². The Morgan fingerprint density at radius 3 is 2.44 bits per heavy atom. The average molecular weight is 411 g/mol. The second kappa shape index (κ2) is 5.32. The van der Waals surface area contributed by atoms with E-state index in [1.807, 2.05) is 13.0 Å². The molecule has 0 aliphatic heterocycles. The third kappa shape index (κ3) is 2.96. The number of hydrogen-bond acceptors (Lipinski definition) is 3. The normalized spacial score (nSPS) is 11.5. The van der Waals surface area contributed by atoms with Gasteiger partial charge in [-0.2, -0.15) is 0 Å². The SMILES string of the molecule is Cc1ccc(NS(=O)(=O)c2sccc2Br)cc1Br. The van der Waals surface area contributed by atoms with Crippen LogP contribution < -0.4 is 4.72 Å². The van der Waals surface area contributed by atoms with Crippen LogP contribution in [0.2, 0.25) is 0 Å². The molecule has 0 saturated heterocycles. The molecule has 0 saturated carbocycles. The Hall–Kier alpha value is -0.370. The van der Waals surface area contributed by atoms with Crippen LogP contribution in [0.5, 0.6) is 0 Å². The third-order valence-electron chi connectivity index (χ3n) is 2.25. The van der Waals surface area contributed by atoms with E-state index in [1.54, 1.807) is 23.6 Å². The lowest BCUT2D eigenvalue weighted by Crippen LogP contribution is -2.11. The maximum absolute atomic E-state index is 12.1. The number of nitrogens with one attached hydrogen (secondary N) is 1. The van der Waals surface area contributed by atoms with Crippen LogP contribution in [0.25, 0.3) is 0 Å². The number of rotatable bonds is 3. The van der Waals surface area contributed by atoms with Gasteiger partial charge in [-0.05, 0) is 52.0 Å². The Morgan fingerprint density at radius 1 is 1.17 bits per heavy atom. The van der Waals surface area contributed by atoms with Crippen molar-refractivity contribution in [1.82, 2.24) is 0 Å². The topological polar surface area (TPSA) is 46.2 Å². The van der Waals surface area contributed by atoms with Gasteiger partial charge in [-0.15, -0.1) is 11.3 Å². The van der Waals surface area contributed by atoms with E-state index < -0.39 is 10.0 Å². The minimum Gasteiger partial charge on any atom is -0.279 e. The van der Waals surface area contributed by atoms with Crippen LogP contribution in [-0.2, 0) is 10.0 Å². The first-order valence-electron chi connectivity index (χ1n) is 4.92. The summed E-state index contributed by atoms with van der Waals surface area (Å²) in [6.07, 6.45) is 0. The van der Waals surface area contributed by atoms with Gasteiger partial charge in [0.1, 0.15) is 0 Å². The highest BCUT2D eigenvalue weighted by atomic mass is 79.9. The van der Waals surface area contributed by atoms with Crippen molar-refractivity contribution in [1.29, 1.82) is 0 Å². The van der Waals surface area contributed by atoms with E-state index in [-0.39, 0.29) is 4.21 Å². The minimum absolute atomic E-state index is 0.277. The molecule has 0 fully saturated rings. The fourth-order valence-electron chi connectivity index (χ4n) is 1.33. The zero-order valence-electron chi connectivity index (χ0n) is 9.28. The number of halogens is 2. The maximum Gasteiger partial charge on any atom is 0.272 e. The standard InChI is InChI=1S/C11H9Br2NO2S2/c1-7-2-3-8(6-10(7)13)14-18(15,16)11-9(12)4-5-17-11/h2-6,14H,1H3. The van der Waals surface area contributed by atoms with Crippen molar-refractivity contribution < 1.29 is 8.42 Å². The van der Waals surface area contributed by atoms with Crippen LogP contribution in [0.1, 0.15) is 5.56 Å². The van der Waals surface area contributed by atoms with Crippen molar-refractivity contribution in [3.63, 3.8) is 0 Å². The van der Waals surface area contributed by atoms with E-state index in [0.717, 1.165) is 10.0 Å². The molecule has 0 radical (unpaired) electrons. The van der Waals surface area contributed by atoms with Gasteiger partial charge in [0.25, 0.3) is 10.0 Å². The van der Waals surface area contributed by atoms with E-state index in [4.69, 9.17) is 0 Å². The van der Waals surface area contributed by atoms with E-state index in [1.165, 1.54) is 11.3 Å². The van der Waals surface area contributed by atoms with E-state index >= 15 is 0 Å². The Morgan fingerprint density at radius 2 is 1.89 bits per heavy atom. The zero-order valence-corrected chi connectivity index (χ0v) is 14.1. The molecule has 0 amide bonds. The Kier molecular flexibility index (Phi) is 4.15. The van der Waals surface area contributed by atoms with Crippen molar-refractivity contribution >= 4 is 58.9 Å². The van der Waals surface area contributed by atoms with Crippen molar-refractivity contribution in [2.24, 2.45) is 0 Å². The Bertz CT molecular complexity index is 680. The molecular formula is C11H9Br2NO2S2. The second-order valence-electron chi connectivity index (χ2n) is 3.63. The summed E-state index contributed by atoms with van der Waals surface area (Å²) in [6.45, 7) is 1.94. The van der Waals surface area contributed by atoms with Crippen LogP contribution in [0, 0.1) is 6.92 Å². The smallest absolute Gasteiger partial charge is 0.272 e. The van der Waals surface area contributed by atoms with Gasteiger partial charge in [0, 0.05) is 14.6 Å². The molecule has 3 nitrogen and oxygen atoms in total. The fourth-order valence-corrected chi connectivity index (χ4v) is 5.10. The molecular weight excluding hydrogens is 402 g/mol. The number of hydrogen-bond donors (Lipinski definition) is 1. The van der Waals surface area contributed by atoms with Gasteiger partial charge in [0.05, 0.1) is 0 Å². The number of anilines is 1. The van der Waals surface area contributed by atoms with Crippen LogP contribution in [0.15, 0.2) is 42.8 Å². The largest absolute Gasteiger partial charge is 0.279 e. The predicted molar refractivity (Wildman–Crippen MR) is 81.7 cm³/mol. The van der Waals surface area contributed by atoms with Gasteiger partial charge in [0.15, 0.2) is 4.21 Å². The van der Waals surface area contributed by atoms with Crippen LogP contribution in [-0.4, -0.2) is 8.42 Å². The predicted octanol–water partition coefficient (Wildman–Crippen LogP) is 4.38. The highest BCUT2D eigenvalue weighted by molar-refractivity contribution is 9.10. The first-order valence-corrected chi connectivity index (χ1v) is 8.87. The van der Waals surface area contributed by atoms with Gasteiger partial charge in [-0.25, -0.2) is 8.42 Å². The summed E-state index contributed by atoms with van der Waals surface area (Å²) >= 11 is 7.77. The number of sulfonamides is 1. The molecule has 7 heteroatoms. The molecule has 0 bridgehead atoms. The van der Waals surface area contributed by atoms with Gasteiger partial charge in [-0.3, -0.25) is 4.72 Å². The van der Waals surface area contributed by atoms with E-state index in [9.17, 15) is 8.42 Å². The van der Waals surface area contributed by atoms with Crippen molar-refractivity contribution in [2.75, 3.05) is 4.72 Å². The molecule has 2 aromatic rings. The highest BCUT2D eigenvalue weighted by Crippen LogP contribution is 2.30. The summed E-state index contributed by atoms with van der Waals surface area (Å²) in [5.74, 6) is 0. The van der Waals surface area contributed by atoms with Gasteiger partial charge in [-0.1, -0.05) is 22.0 Å². The Balaban J connectivity index is 2.34. The first-order chi connectivity index (χ1) is 8.40. The maximum atomic E-state index is 12.1. The molecule has 0 atom stereocenters. The third-order valence-corrected chi connectivity index (χ3v) is 7.16. The first kappa shape index (κ1) is 14.0. The summed E-state index contributed by atoms with van der Waals surface area (Å²) < 4.78 is 28.5. The van der Waals surface area contributed by atoms with Crippen LogP contribution in [0.3, 0.4) is 0 Å². The number of aryl methyl sites for hydroxylation is 1. The number of benzene rings is 1. The summed E-state index contributed by atoms with van der Waals surface area (Å²) in [6, 6.07) is 7.04. The second-order valence-corrected chi connectivity index (χ2v) is 8.13. The summed E-state index contributed by atoms with van der Waals surface area (Å²) in [4.78, 5) is 0. The van der Waals surface area contributed by atoms with Gasteiger partial charge < -0.3 is 0 Å². The average Bonchev–Trinajstić information content (AvgIpc) is 2.70. The van der Waals surface area contributed by atoms with Gasteiger partial charge >= 0.3 is 0 Å². The molecule has 2 rings (SSSR count). The van der Waals surface area contributed by atoms with Crippen molar-refractivity contribution in [3.8, 4) is 0 Å². The molecule has 1 aromatic carbocycles. The van der Waals surface area contributed by atoms with E-state index in [0.29, 0.717) is 10.2 Å². The molecule has 1 N–H and O–H groups in total. The molecule has 0 unspecified atom stereocenters. The van der Waals surface area contributed by atoms with Crippen molar-refractivity contribution in [3.05, 3.63) is 44.2 Å². The molecule has 18 heavy (non-hydrogen) atoms. The summed E-state index contributed by atoms with van der Waals surface area (Å²) in [7, 11) is -3.53. The molecule has 1 aromatic heterocycles. The lowest BCUT2D eigenvalue weighted by atomic mass is 10.2. The van der Waals surface area contributed by atoms with E-state index in [2.05, 4.69) is 36.6 Å². The zero-order chi connectivity index (χ0) is 13.3. The van der Waals surface area contributed by atoms with Gasteiger partial charge in [0.2, 0.25) is 0 Å².